The molecular formula is C23H29NO2. The number of hydrogen-bond acceptors (Lipinski definition) is 3. The standard InChI is InChI=1S/C23H29NO2/c1-2-3-4-5-6-7-11-16-26-23(25)21-15-14-20(22(24)18-21)17-19-12-9-8-10-13-19/h14-15,18-19H,2-4,8-10,12-13,16-17,24H2,1H3. The van der Waals surface area contributed by atoms with Gasteiger partial charge in [0.25, 0.3) is 0 Å². The van der Waals surface area contributed by atoms with Crippen LogP contribution in [-0.2, 0) is 11.2 Å². The first-order valence-electron chi connectivity index (χ1n) is 9.72. The maximum Gasteiger partial charge on any atom is 0.339 e. The minimum atomic E-state index is -0.394. The largest absolute Gasteiger partial charge is 0.449 e. The van der Waals surface area contributed by atoms with E-state index in [4.69, 9.17) is 10.5 Å². The quantitative estimate of drug-likeness (QED) is 0.348. The molecule has 0 spiro atoms. The maximum atomic E-state index is 12.1. The van der Waals surface area contributed by atoms with Gasteiger partial charge in [-0.05, 0) is 54.2 Å². The van der Waals surface area contributed by atoms with Gasteiger partial charge in [-0.3, -0.25) is 0 Å². The predicted molar refractivity (Wildman–Crippen MR) is 106 cm³/mol. The van der Waals surface area contributed by atoms with Crippen molar-refractivity contribution < 1.29 is 9.53 Å². The van der Waals surface area contributed by atoms with Crippen molar-refractivity contribution in [3.05, 3.63) is 29.3 Å². The molecule has 0 unspecified atom stereocenters. The molecule has 3 nitrogen and oxygen atoms in total. The van der Waals surface area contributed by atoms with E-state index < -0.39 is 5.97 Å². The lowest BCUT2D eigenvalue weighted by Crippen LogP contribution is -2.11. The Labute approximate surface area is 157 Å². The first-order chi connectivity index (χ1) is 12.7. The summed E-state index contributed by atoms with van der Waals surface area (Å²) in [5.41, 5.74) is 8.45. The third-order valence-corrected chi connectivity index (χ3v) is 4.78. The van der Waals surface area contributed by atoms with Crippen LogP contribution >= 0.6 is 0 Å². The number of ether oxygens (including phenoxy) is 1. The van der Waals surface area contributed by atoms with Crippen molar-refractivity contribution >= 4 is 11.7 Å². The summed E-state index contributed by atoms with van der Waals surface area (Å²) in [6.07, 6.45) is 10.6. The Bertz CT molecular complexity index is 709. The fourth-order valence-corrected chi connectivity index (χ4v) is 3.25. The van der Waals surface area contributed by atoms with Gasteiger partial charge in [0, 0.05) is 12.1 Å². The van der Waals surface area contributed by atoms with Crippen molar-refractivity contribution in [3.63, 3.8) is 0 Å². The lowest BCUT2D eigenvalue weighted by molar-refractivity contribution is 0.0556. The van der Waals surface area contributed by atoms with Crippen LogP contribution in [0, 0.1) is 29.6 Å². The van der Waals surface area contributed by atoms with Crippen LogP contribution < -0.4 is 5.73 Å². The van der Waals surface area contributed by atoms with E-state index in [0.29, 0.717) is 11.3 Å². The number of nitrogen functional groups attached to an aromatic ring is 1. The number of carbonyl (C=O) groups is 1. The molecule has 0 heterocycles. The third-order valence-electron chi connectivity index (χ3n) is 4.78. The molecule has 1 aromatic carbocycles. The molecule has 0 amide bonds. The van der Waals surface area contributed by atoms with Crippen molar-refractivity contribution in [1.82, 2.24) is 0 Å². The molecule has 3 heteroatoms. The van der Waals surface area contributed by atoms with Crippen LogP contribution in [0.15, 0.2) is 18.2 Å². The van der Waals surface area contributed by atoms with E-state index in [-0.39, 0.29) is 6.61 Å². The molecule has 2 N–H and O–H groups in total. The van der Waals surface area contributed by atoms with Gasteiger partial charge in [0.05, 0.1) is 5.56 Å². The number of benzene rings is 1. The van der Waals surface area contributed by atoms with Crippen molar-refractivity contribution in [2.45, 2.75) is 64.7 Å². The molecule has 0 bridgehead atoms. The Hall–Kier alpha value is -2.39. The zero-order valence-corrected chi connectivity index (χ0v) is 15.8. The maximum absolute atomic E-state index is 12.1. The molecule has 0 saturated heterocycles. The monoisotopic (exact) mass is 351 g/mol. The van der Waals surface area contributed by atoms with Crippen LogP contribution in [-0.4, -0.2) is 12.6 Å². The van der Waals surface area contributed by atoms with Gasteiger partial charge in [-0.15, -0.1) is 0 Å². The van der Waals surface area contributed by atoms with E-state index in [9.17, 15) is 4.79 Å². The van der Waals surface area contributed by atoms with E-state index in [1.165, 1.54) is 32.1 Å². The Morgan fingerprint density at radius 1 is 1.19 bits per heavy atom. The van der Waals surface area contributed by atoms with E-state index >= 15 is 0 Å². The number of hydrogen-bond donors (Lipinski definition) is 1. The summed E-state index contributed by atoms with van der Waals surface area (Å²) in [7, 11) is 0. The SMILES string of the molecule is CCCCC#CC#CCOC(=O)c1ccc(CC2CCCCC2)c(N)c1. The lowest BCUT2D eigenvalue weighted by Gasteiger charge is -2.22. The molecule has 0 aromatic heterocycles. The van der Waals surface area contributed by atoms with Gasteiger partial charge in [-0.2, -0.15) is 0 Å². The molecule has 1 fully saturated rings. The zero-order valence-electron chi connectivity index (χ0n) is 15.8. The van der Waals surface area contributed by atoms with Gasteiger partial charge in [-0.25, -0.2) is 4.79 Å². The van der Waals surface area contributed by atoms with E-state index in [0.717, 1.165) is 37.2 Å². The smallest absolute Gasteiger partial charge is 0.339 e. The molecular weight excluding hydrogens is 322 g/mol. The van der Waals surface area contributed by atoms with Gasteiger partial charge in [-0.1, -0.05) is 57.4 Å². The molecule has 0 aliphatic heterocycles. The highest BCUT2D eigenvalue weighted by Gasteiger charge is 2.16. The fraction of sp³-hybridized carbons (Fsp3) is 0.522. The molecule has 1 aliphatic carbocycles. The first kappa shape index (κ1) is 19.9. The van der Waals surface area contributed by atoms with Crippen LogP contribution in [0.25, 0.3) is 0 Å². The second-order valence-corrected chi connectivity index (χ2v) is 6.90. The van der Waals surface area contributed by atoms with Gasteiger partial charge in [0.2, 0.25) is 0 Å². The summed E-state index contributed by atoms with van der Waals surface area (Å²) in [5.74, 6) is 11.5. The number of nitrogens with two attached hydrogens (primary N) is 1. The summed E-state index contributed by atoms with van der Waals surface area (Å²) >= 11 is 0. The molecule has 1 aliphatic rings. The molecule has 1 saturated carbocycles. The van der Waals surface area contributed by atoms with Crippen LogP contribution in [0.1, 0.15) is 74.2 Å². The summed E-state index contributed by atoms with van der Waals surface area (Å²) in [5, 5.41) is 0. The lowest BCUT2D eigenvalue weighted by atomic mass is 9.84. The first-order valence-corrected chi connectivity index (χ1v) is 9.72. The average Bonchev–Trinajstić information content (AvgIpc) is 2.66. The summed E-state index contributed by atoms with van der Waals surface area (Å²) in [4.78, 5) is 12.1. The van der Waals surface area contributed by atoms with Crippen molar-refractivity contribution in [2.24, 2.45) is 5.92 Å². The summed E-state index contributed by atoms with van der Waals surface area (Å²) in [6.45, 7) is 2.17. The third kappa shape index (κ3) is 6.85. The summed E-state index contributed by atoms with van der Waals surface area (Å²) < 4.78 is 5.16. The van der Waals surface area contributed by atoms with Gasteiger partial charge >= 0.3 is 5.97 Å². The van der Waals surface area contributed by atoms with Crippen molar-refractivity contribution in [1.29, 1.82) is 0 Å². The fourth-order valence-electron chi connectivity index (χ4n) is 3.25. The second-order valence-electron chi connectivity index (χ2n) is 6.90. The zero-order chi connectivity index (χ0) is 18.6. The summed E-state index contributed by atoms with van der Waals surface area (Å²) in [6, 6.07) is 5.48. The van der Waals surface area contributed by atoms with Gasteiger partial charge in [0.15, 0.2) is 6.61 Å². The van der Waals surface area contributed by atoms with E-state index in [1.807, 2.05) is 6.07 Å². The van der Waals surface area contributed by atoms with Gasteiger partial charge < -0.3 is 10.5 Å². The van der Waals surface area contributed by atoms with E-state index in [1.54, 1.807) is 12.1 Å². The minimum Gasteiger partial charge on any atom is -0.449 e. The molecule has 0 radical (unpaired) electrons. The Morgan fingerprint density at radius 2 is 1.96 bits per heavy atom. The topological polar surface area (TPSA) is 52.3 Å². The second kappa shape index (κ2) is 11.3. The van der Waals surface area contributed by atoms with Crippen LogP contribution in [0.5, 0.6) is 0 Å². The molecule has 138 valence electrons. The Kier molecular flexibility index (Phi) is 8.64. The van der Waals surface area contributed by atoms with Crippen LogP contribution in [0.4, 0.5) is 5.69 Å². The average molecular weight is 351 g/mol. The predicted octanol–water partition coefficient (Wildman–Crippen LogP) is 4.75. The van der Waals surface area contributed by atoms with Crippen molar-refractivity contribution in [3.8, 4) is 23.7 Å². The number of rotatable bonds is 6. The Balaban J connectivity index is 1.82. The highest BCUT2D eigenvalue weighted by molar-refractivity contribution is 5.90. The molecule has 1 aromatic rings. The number of esters is 1. The molecule has 26 heavy (non-hydrogen) atoms. The van der Waals surface area contributed by atoms with Crippen LogP contribution in [0.2, 0.25) is 0 Å². The number of carbonyl (C=O) groups excluding carboxylic acids is 1. The highest BCUT2D eigenvalue weighted by atomic mass is 16.5. The normalized spacial score (nSPS) is 13.9. The Morgan fingerprint density at radius 3 is 2.69 bits per heavy atom. The highest BCUT2D eigenvalue weighted by Crippen LogP contribution is 2.29. The molecule has 2 rings (SSSR count). The molecule has 0 atom stereocenters. The van der Waals surface area contributed by atoms with Crippen LogP contribution in [0.3, 0.4) is 0 Å². The number of anilines is 1. The number of unbranched alkanes of at least 4 members (excludes halogenated alkanes) is 2. The minimum absolute atomic E-state index is 0.0466. The van der Waals surface area contributed by atoms with E-state index in [2.05, 4.69) is 30.6 Å². The van der Waals surface area contributed by atoms with Crippen molar-refractivity contribution in [2.75, 3.05) is 12.3 Å². The van der Waals surface area contributed by atoms with Gasteiger partial charge in [0.1, 0.15) is 0 Å².